The van der Waals surface area contributed by atoms with Gasteiger partial charge in [0.25, 0.3) is 0 Å². The molecule has 184 valence electrons. The van der Waals surface area contributed by atoms with Crippen molar-refractivity contribution in [2.45, 2.75) is 128 Å². The van der Waals surface area contributed by atoms with Crippen LogP contribution < -0.4 is 0 Å². The van der Waals surface area contributed by atoms with Crippen LogP contribution in [0.1, 0.15) is 118 Å². The standard InChI is InChI=1S/C25H49O4PS/c1-4-23(30)16-9-11-20-29-25(27)18-12-14-21(2)13-7-8-17-24(26)28-19-10-5-6-15-22(3)31/h21-23,31H,4-20,30H2,1-3H3/i4T. The van der Waals surface area contributed by atoms with Gasteiger partial charge in [0, 0.05) is 14.2 Å². The van der Waals surface area contributed by atoms with E-state index in [1.165, 1.54) is 0 Å². The molecule has 0 radical (unpaired) electrons. The first-order chi connectivity index (χ1) is 15.2. The predicted molar refractivity (Wildman–Crippen MR) is 138 cm³/mol. The van der Waals surface area contributed by atoms with Crippen molar-refractivity contribution in [2.75, 3.05) is 13.2 Å². The maximum Gasteiger partial charge on any atom is 0.305 e. The van der Waals surface area contributed by atoms with Crippen molar-refractivity contribution in [3.05, 3.63) is 0 Å². The second-order valence-electron chi connectivity index (χ2n) is 8.88. The van der Waals surface area contributed by atoms with Gasteiger partial charge in [0.05, 0.1) is 13.2 Å². The zero-order chi connectivity index (χ0) is 24.2. The molecule has 0 N–H and O–H groups in total. The van der Waals surface area contributed by atoms with Crippen molar-refractivity contribution in [2.24, 2.45) is 5.92 Å². The summed E-state index contributed by atoms with van der Waals surface area (Å²) < 4.78 is 18.2. The van der Waals surface area contributed by atoms with Crippen LogP contribution in [0.3, 0.4) is 0 Å². The van der Waals surface area contributed by atoms with Crippen LogP contribution in [0.4, 0.5) is 0 Å². The third kappa shape index (κ3) is 22.7. The van der Waals surface area contributed by atoms with E-state index in [2.05, 4.69) is 35.7 Å². The van der Waals surface area contributed by atoms with Crippen molar-refractivity contribution >= 4 is 33.8 Å². The predicted octanol–water partition coefficient (Wildman–Crippen LogP) is 7.14. The van der Waals surface area contributed by atoms with E-state index in [0.29, 0.717) is 42.9 Å². The zero-order valence-electron chi connectivity index (χ0n) is 21.3. The summed E-state index contributed by atoms with van der Waals surface area (Å²) in [7, 11) is 2.72. The number of carbonyl (C=O) groups excluding carboxylic acids is 2. The average Bonchev–Trinajstić information content (AvgIpc) is 2.73. The van der Waals surface area contributed by atoms with E-state index in [4.69, 9.17) is 10.8 Å². The average molecular weight is 479 g/mol. The molecule has 0 aromatic heterocycles. The topological polar surface area (TPSA) is 52.6 Å². The molecule has 0 saturated carbocycles. The van der Waals surface area contributed by atoms with Crippen LogP contribution in [0.5, 0.6) is 0 Å². The van der Waals surface area contributed by atoms with Gasteiger partial charge in [0.15, 0.2) is 0 Å². The lowest BCUT2D eigenvalue weighted by Gasteiger charge is -2.11. The van der Waals surface area contributed by atoms with Crippen LogP contribution in [0.15, 0.2) is 0 Å². The van der Waals surface area contributed by atoms with Gasteiger partial charge < -0.3 is 9.47 Å². The summed E-state index contributed by atoms with van der Waals surface area (Å²) in [6, 6.07) is 0. The Morgan fingerprint density at radius 2 is 1.32 bits per heavy atom. The molecule has 0 heterocycles. The summed E-state index contributed by atoms with van der Waals surface area (Å²) in [5.41, 5.74) is 0.319. The van der Waals surface area contributed by atoms with Crippen molar-refractivity contribution in [1.29, 1.82) is 0 Å². The van der Waals surface area contributed by atoms with Crippen molar-refractivity contribution in [3.63, 3.8) is 0 Å². The zero-order valence-corrected chi connectivity index (χ0v) is 22.3. The Morgan fingerprint density at radius 3 is 1.94 bits per heavy atom. The lowest BCUT2D eigenvalue weighted by molar-refractivity contribution is -0.144. The molecule has 0 aliphatic carbocycles. The third-order valence-corrected chi connectivity index (χ3v) is 6.53. The number of carbonyl (C=O) groups is 2. The SMILES string of the molecule is [3H]C(C)C(P)CCCCOC(=O)CCCC(C)CCCCC(=O)OCCCCCC(C)S. The molecule has 5 unspecified atom stereocenters. The van der Waals surface area contributed by atoms with E-state index in [1.54, 1.807) is 0 Å². The highest BCUT2D eigenvalue weighted by molar-refractivity contribution is 7.80. The van der Waals surface area contributed by atoms with Crippen LogP contribution in [-0.2, 0) is 19.1 Å². The molecule has 0 rings (SSSR count). The van der Waals surface area contributed by atoms with Gasteiger partial charge in [-0.25, -0.2) is 0 Å². The van der Waals surface area contributed by atoms with Gasteiger partial charge in [-0.3, -0.25) is 9.59 Å². The summed E-state index contributed by atoms with van der Waals surface area (Å²) in [6.07, 6.45) is 12.9. The largest absolute Gasteiger partial charge is 0.466 e. The Labute approximate surface area is 201 Å². The van der Waals surface area contributed by atoms with Gasteiger partial charge >= 0.3 is 11.9 Å². The molecule has 0 bridgehead atoms. The Bertz CT molecular complexity index is 477. The molecular formula is C25H49O4PS. The molecule has 0 aliphatic heterocycles. The number of hydrogen-bond acceptors (Lipinski definition) is 5. The summed E-state index contributed by atoms with van der Waals surface area (Å²) in [5, 5.41) is 0.446. The molecule has 0 aromatic rings. The molecule has 5 atom stereocenters. The minimum Gasteiger partial charge on any atom is -0.466 e. The first-order valence-corrected chi connectivity index (χ1v) is 13.6. The van der Waals surface area contributed by atoms with E-state index in [-0.39, 0.29) is 18.3 Å². The van der Waals surface area contributed by atoms with E-state index in [1.807, 2.05) is 6.92 Å². The molecule has 0 spiro atoms. The maximum absolute atomic E-state index is 11.8. The summed E-state index contributed by atoms with van der Waals surface area (Å²) in [6.45, 7) is 7.24. The van der Waals surface area contributed by atoms with E-state index < -0.39 is 0 Å². The van der Waals surface area contributed by atoms with Gasteiger partial charge in [0.1, 0.15) is 0 Å². The minimum atomic E-state index is -0.101. The van der Waals surface area contributed by atoms with Crippen LogP contribution in [0.25, 0.3) is 0 Å². The summed E-state index contributed by atoms with van der Waals surface area (Å²) in [4.78, 5) is 23.6. The molecule has 0 aromatic carbocycles. The Kier molecular flexibility index (Phi) is 20.0. The highest BCUT2D eigenvalue weighted by Gasteiger charge is 2.08. The minimum absolute atomic E-state index is 0.0643. The molecule has 31 heavy (non-hydrogen) atoms. The van der Waals surface area contributed by atoms with Crippen LogP contribution in [0, 0.1) is 5.92 Å². The first-order valence-electron chi connectivity index (χ1n) is 13.0. The fraction of sp³-hybridized carbons (Fsp3) is 0.920. The molecule has 6 heteroatoms. The fourth-order valence-electron chi connectivity index (χ4n) is 3.39. The normalized spacial score (nSPS) is 15.6. The van der Waals surface area contributed by atoms with Gasteiger partial charge in [-0.1, -0.05) is 52.9 Å². The smallest absolute Gasteiger partial charge is 0.305 e. The molecule has 4 nitrogen and oxygen atoms in total. The van der Waals surface area contributed by atoms with Gasteiger partial charge in [-0.05, 0) is 68.2 Å². The number of esters is 2. The van der Waals surface area contributed by atoms with Gasteiger partial charge in [-0.2, -0.15) is 12.6 Å². The van der Waals surface area contributed by atoms with Gasteiger partial charge in [-0.15, -0.1) is 9.24 Å². The van der Waals surface area contributed by atoms with E-state index in [0.717, 1.165) is 77.0 Å². The third-order valence-electron chi connectivity index (χ3n) is 5.56. The lowest BCUT2D eigenvalue weighted by Crippen LogP contribution is -2.07. The fourth-order valence-corrected chi connectivity index (χ4v) is 3.80. The molecular weight excluding hydrogens is 427 g/mol. The monoisotopic (exact) mass is 478 g/mol. The molecule has 0 fully saturated rings. The summed E-state index contributed by atoms with van der Waals surface area (Å²) >= 11 is 4.36. The maximum atomic E-state index is 11.8. The second kappa shape index (κ2) is 21.6. The molecule has 0 saturated heterocycles. The number of thiol groups is 1. The van der Waals surface area contributed by atoms with Gasteiger partial charge in [0.2, 0.25) is 0 Å². The summed E-state index contributed by atoms with van der Waals surface area (Å²) in [5.74, 6) is 0.376. The highest BCUT2D eigenvalue weighted by Crippen LogP contribution is 2.17. The number of unbranched alkanes of at least 4 members (excludes halogenated alkanes) is 4. The van der Waals surface area contributed by atoms with E-state index >= 15 is 0 Å². The first kappa shape index (κ1) is 28.8. The van der Waals surface area contributed by atoms with Crippen LogP contribution >= 0.6 is 21.9 Å². The van der Waals surface area contributed by atoms with Crippen LogP contribution in [-0.4, -0.2) is 36.1 Å². The lowest BCUT2D eigenvalue weighted by atomic mass is 9.97. The van der Waals surface area contributed by atoms with Crippen molar-refractivity contribution < 1.29 is 20.4 Å². The quantitative estimate of drug-likeness (QED) is 0.0824. The van der Waals surface area contributed by atoms with Crippen molar-refractivity contribution in [3.8, 4) is 0 Å². The number of ether oxygens (including phenoxy) is 2. The molecule has 0 amide bonds. The Balaban J connectivity index is 3.50. The Morgan fingerprint density at radius 1 is 0.806 bits per heavy atom. The molecule has 0 aliphatic rings. The highest BCUT2D eigenvalue weighted by atomic mass is 32.1. The van der Waals surface area contributed by atoms with E-state index in [9.17, 15) is 9.59 Å². The number of hydrogen-bond donors (Lipinski definition) is 1. The van der Waals surface area contributed by atoms with Crippen molar-refractivity contribution in [1.82, 2.24) is 0 Å². The second-order valence-corrected chi connectivity index (χ2v) is 10.6. The Hall–Kier alpha value is -0.280. The van der Waals surface area contributed by atoms with Crippen LogP contribution in [0.2, 0.25) is 0 Å². The number of rotatable bonds is 21.